The Morgan fingerprint density at radius 1 is 1.57 bits per heavy atom. The van der Waals surface area contributed by atoms with Crippen LogP contribution < -0.4 is 0 Å². The molecule has 6 nitrogen and oxygen atoms in total. The Morgan fingerprint density at radius 3 is 3.04 bits per heavy atom. The normalized spacial score (nSPS) is 19.8. The fourth-order valence-electron chi connectivity index (χ4n) is 3.12. The molecule has 3 heterocycles. The van der Waals surface area contributed by atoms with Crippen molar-refractivity contribution in [2.75, 3.05) is 13.1 Å². The van der Waals surface area contributed by atoms with Crippen LogP contribution in [0.5, 0.6) is 0 Å². The van der Waals surface area contributed by atoms with Crippen molar-refractivity contribution < 1.29 is 9.90 Å². The summed E-state index contributed by atoms with van der Waals surface area (Å²) in [6.07, 6.45) is 5.05. The third kappa shape index (κ3) is 3.61. The lowest BCUT2D eigenvalue weighted by atomic mass is 9.91. The molecule has 0 saturated carbocycles. The number of likely N-dealkylation sites (tertiary alicyclic amines) is 1. The minimum absolute atomic E-state index is 0.0333. The largest absolute Gasteiger partial charge is 0.385 e. The van der Waals surface area contributed by atoms with Gasteiger partial charge in [0.05, 0.1) is 17.1 Å². The lowest BCUT2D eigenvalue weighted by Gasteiger charge is -2.34. The summed E-state index contributed by atoms with van der Waals surface area (Å²) in [5.74, 6) is 0.789. The number of piperidine rings is 1. The van der Waals surface area contributed by atoms with Crippen molar-refractivity contribution >= 4 is 17.2 Å². The van der Waals surface area contributed by atoms with Crippen LogP contribution in [0, 0.1) is 12.8 Å². The summed E-state index contributed by atoms with van der Waals surface area (Å²) in [6, 6.07) is 0. The van der Waals surface area contributed by atoms with Gasteiger partial charge in [-0.2, -0.15) is 0 Å². The van der Waals surface area contributed by atoms with Crippen molar-refractivity contribution in [3.63, 3.8) is 0 Å². The van der Waals surface area contributed by atoms with E-state index in [9.17, 15) is 9.90 Å². The quantitative estimate of drug-likeness (QED) is 0.924. The van der Waals surface area contributed by atoms with E-state index in [1.807, 2.05) is 35.0 Å². The second-order valence-corrected chi connectivity index (χ2v) is 7.18. The number of aliphatic hydroxyl groups is 1. The van der Waals surface area contributed by atoms with Crippen LogP contribution in [0.2, 0.25) is 0 Å². The van der Waals surface area contributed by atoms with Gasteiger partial charge in [0.2, 0.25) is 5.91 Å². The highest BCUT2D eigenvalue weighted by atomic mass is 32.1. The van der Waals surface area contributed by atoms with Crippen molar-refractivity contribution in [1.82, 2.24) is 19.4 Å². The van der Waals surface area contributed by atoms with Gasteiger partial charge in [0.1, 0.15) is 11.9 Å². The molecule has 23 heavy (non-hydrogen) atoms. The molecule has 1 aliphatic rings. The average molecular weight is 334 g/mol. The van der Waals surface area contributed by atoms with Crippen LogP contribution in [-0.4, -0.2) is 43.5 Å². The van der Waals surface area contributed by atoms with E-state index in [1.54, 1.807) is 17.5 Å². The van der Waals surface area contributed by atoms with E-state index in [2.05, 4.69) is 9.97 Å². The third-order valence-electron chi connectivity index (χ3n) is 4.38. The Balaban J connectivity index is 1.63. The molecule has 0 aliphatic carbocycles. The predicted molar refractivity (Wildman–Crippen MR) is 88.0 cm³/mol. The van der Waals surface area contributed by atoms with Gasteiger partial charge in [0.25, 0.3) is 0 Å². The van der Waals surface area contributed by atoms with Crippen molar-refractivity contribution in [3.8, 4) is 0 Å². The summed E-state index contributed by atoms with van der Waals surface area (Å²) in [7, 11) is 1.88. The van der Waals surface area contributed by atoms with Crippen LogP contribution >= 0.6 is 11.3 Å². The third-order valence-corrected chi connectivity index (χ3v) is 5.20. The summed E-state index contributed by atoms with van der Waals surface area (Å²) >= 11 is 1.57. The molecule has 1 aliphatic heterocycles. The van der Waals surface area contributed by atoms with Gasteiger partial charge >= 0.3 is 0 Å². The van der Waals surface area contributed by atoms with E-state index in [4.69, 9.17) is 0 Å². The maximum Gasteiger partial charge on any atom is 0.228 e. The number of amides is 1. The number of rotatable bonds is 4. The summed E-state index contributed by atoms with van der Waals surface area (Å²) < 4.78 is 1.84. The molecule has 0 aromatic carbocycles. The number of hydrogen-bond acceptors (Lipinski definition) is 5. The van der Waals surface area contributed by atoms with E-state index >= 15 is 0 Å². The summed E-state index contributed by atoms with van der Waals surface area (Å²) in [5.41, 5.74) is 0.837. The van der Waals surface area contributed by atoms with Gasteiger partial charge < -0.3 is 14.6 Å². The first-order chi connectivity index (χ1) is 11.0. The Hall–Kier alpha value is -1.73. The number of thiazole rings is 1. The molecule has 1 saturated heterocycles. The Morgan fingerprint density at radius 2 is 2.39 bits per heavy atom. The van der Waals surface area contributed by atoms with Gasteiger partial charge in [0, 0.05) is 43.8 Å². The van der Waals surface area contributed by atoms with Gasteiger partial charge in [-0.1, -0.05) is 0 Å². The molecule has 0 bridgehead atoms. The van der Waals surface area contributed by atoms with E-state index in [-0.39, 0.29) is 11.8 Å². The Labute approximate surface area is 139 Å². The minimum atomic E-state index is -0.632. The lowest BCUT2D eigenvalue weighted by molar-refractivity contribution is -0.133. The molecular formula is C16H22N4O2S. The van der Waals surface area contributed by atoms with Gasteiger partial charge in [0.15, 0.2) is 0 Å². The van der Waals surface area contributed by atoms with Gasteiger partial charge in [-0.25, -0.2) is 9.97 Å². The number of imidazole rings is 1. The second-order valence-electron chi connectivity index (χ2n) is 6.12. The molecular weight excluding hydrogens is 312 g/mol. The molecule has 2 atom stereocenters. The molecule has 2 unspecified atom stereocenters. The van der Waals surface area contributed by atoms with Crippen LogP contribution in [0.4, 0.5) is 0 Å². The van der Waals surface area contributed by atoms with Crippen LogP contribution in [0.1, 0.15) is 35.5 Å². The number of aliphatic hydroxyl groups excluding tert-OH is 1. The molecule has 1 amide bonds. The van der Waals surface area contributed by atoms with Crippen molar-refractivity contribution in [2.24, 2.45) is 13.0 Å². The number of nitrogens with zero attached hydrogens (tertiary/aromatic N) is 4. The topological polar surface area (TPSA) is 71.2 Å². The zero-order chi connectivity index (χ0) is 16.4. The summed E-state index contributed by atoms with van der Waals surface area (Å²) in [5, 5.41) is 13.5. The van der Waals surface area contributed by atoms with Crippen molar-refractivity contribution in [2.45, 2.75) is 32.3 Å². The van der Waals surface area contributed by atoms with Gasteiger partial charge in [-0.05, 0) is 19.8 Å². The van der Waals surface area contributed by atoms with Crippen LogP contribution in [0.25, 0.3) is 0 Å². The van der Waals surface area contributed by atoms with Gasteiger partial charge in [-0.15, -0.1) is 11.3 Å². The lowest BCUT2D eigenvalue weighted by Crippen LogP contribution is -2.42. The number of carbonyl (C=O) groups is 1. The SMILES string of the molecule is Cc1nc(CC(=O)N2CCCC(C(O)c3nccn3C)C2)cs1. The highest BCUT2D eigenvalue weighted by Crippen LogP contribution is 2.29. The first kappa shape index (κ1) is 16.1. The molecule has 7 heteroatoms. The van der Waals surface area contributed by atoms with Gasteiger partial charge in [-0.3, -0.25) is 4.79 Å². The Kier molecular flexibility index (Phi) is 4.77. The molecule has 2 aromatic heterocycles. The van der Waals surface area contributed by atoms with Crippen molar-refractivity contribution in [1.29, 1.82) is 0 Å². The first-order valence-corrected chi connectivity index (χ1v) is 8.76. The summed E-state index contributed by atoms with van der Waals surface area (Å²) in [4.78, 5) is 22.9. The number of aromatic nitrogens is 3. The maximum atomic E-state index is 12.5. The standard InChI is InChI=1S/C16H22N4O2S/c1-11-18-13(10-23-11)8-14(21)20-6-3-4-12(9-20)15(22)16-17-5-7-19(16)2/h5,7,10,12,15,22H,3-4,6,8-9H2,1-2H3. The molecule has 1 fully saturated rings. The predicted octanol–water partition coefficient (Wildman–Crippen LogP) is 1.70. The number of carbonyl (C=O) groups excluding carboxylic acids is 1. The zero-order valence-corrected chi connectivity index (χ0v) is 14.3. The van der Waals surface area contributed by atoms with E-state index in [0.29, 0.717) is 18.8 Å². The van der Waals surface area contributed by atoms with Crippen LogP contribution in [0.15, 0.2) is 17.8 Å². The smallest absolute Gasteiger partial charge is 0.228 e. The molecule has 0 spiro atoms. The van der Waals surface area contributed by atoms with Crippen molar-refractivity contribution in [3.05, 3.63) is 34.3 Å². The minimum Gasteiger partial charge on any atom is -0.385 e. The van der Waals surface area contributed by atoms with E-state index in [1.165, 1.54) is 0 Å². The fourth-order valence-corrected chi connectivity index (χ4v) is 3.74. The highest BCUT2D eigenvalue weighted by molar-refractivity contribution is 7.09. The number of hydrogen-bond donors (Lipinski definition) is 1. The molecule has 1 N–H and O–H groups in total. The second kappa shape index (κ2) is 6.80. The van der Waals surface area contributed by atoms with E-state index < -0.39 is 6.10 Å². The van der Waals surface area contributed by atoms with Crippen LogP contribution in [-0.2, 0) is 18.3 Å². The first-order valence-electron chi connectivity index (χ1n) is 7.88. The highest BCUT2D eigenvalue weighted by Gasteiger charge is 2.31. The summed E-state index contributed by atoms with van der Waals surface area (Å²) in [6.45, 7) is 3.28. The molecule has 124 valence electrons. The fraction of sp³-hybridized carbons (Fsp3) is 0.562. The molecule has 3 rings (SSSR count). The maximum absolute atomic E-state index is 12.5. The van der Waals surface area contributed by atoms with E-state index in [0.717, 1.165) is 30.1 Å². The molecule has 2 aromatic rings. The monoisotopic (exact) mass is 334 g/mol. The Bertz CT molecular complexity index is 681. The van der Waals surface area contributed by atoms with Crippen LogP contribution in [0.3, 0.4) is 0 Å². The number of aryl methyl sites for hydroxylation is 2. The average Bonchev–Trinajstić information content (AvgIpc) is 3.15. The molecule has 0 radical (unpaired) electrons. The zero-order valence-electron chi connectivity index (χ0n) is 13.5.